The van der Waals surface area contributed by atoms with Crippen molar-refractivity contribution in [1.29, 1.82) is 0 Å². The van der Waals surface area contributed by atoms with Crippen molar-refractivity contribution in [3.05, 3.63) is 42.1 Å². The molecule has 2 aromatic rings. The third-order valence-electron chi connectivity index (χ3n) is 3.26. The number of pyridine rings is 1. The van der Waals surface area contributed by atoms with Crippen LogP contribution in [0.5, 0.6) is 0 Å². The summed E-state index contributed by atoms with van der Waals surface area (Å²) in [5, 5.41) is 7.26. The number of hydrogen-bond acceptors (Lipinski definition) is 3. The molecule has 1 saturated carbocycles. The maximum atomic E-state index is 11.6. The molecule has 1 heterocycles. The number of carbonyl (C=O) groups is 1. The molecule has 19 heavy (non-hydrogen) atoms. The van der Waals surface area contributed by atoms with E-state index in [-0.39, 0.29) is 5.91 Å². The van der Waals surface area contributed by atoms with Gasteiger partial charge in [-0.1, -0.05) is 24.3 Å². The van der Waals surface area contributed by atoms with Crippen LogP contribution in [0.1, 0.15) is 18.4 Å². The molecule has 0 atom stereocenters. The Morgan fingerprint density at radius 1 is 1.26 bits per heavy atom. The van der Waals surface area contributed by atoms with Gasteiger partial charge in [-0.2, -0.15) is 0 Å². The topological polar surface area (TPSA) is 54.0 Å². The Bertz CT molecular complexity index is 587. The fourth-order valence-electron chi connectivity index (χ4n) is 2.13. The van der Waals surface area contributed by atoms with Crippen LogP contribution < -0.4 is 10.6 Å². The normalized spacial score (nSPS) is 14.5. The molecule has 1 aromatic carbocycles. The summed E-state index contributed by atoms with van der Waals surface area (Å²) in [6.07, 6.45) is 4.05. The summed E-state index contributed by atoms with van der Waals surface area (Å²) in [5.74, 6) is 0.0793. The first kappa shape index (κ1) is 12.1. The van der Waals surface area contributed by atoms with E-state index in [9.17, 15) is 4.79 Å². The van der Waals surface area contributed by atoms with Crippen LogP contribution in [-0.2, 0) is 11.3 Å². The first-order valence-corrected chi connectivity index (χ1v) is 6.65. The van der Waals surface area contributed by atoms with Gasteiger partial charge in [0.15, 0.2) is 0 Å². The first-order chi connectivity index (χ1) is 9.33. The zero-order valence-electron chi connectivity index (χ0n) is 10.7. The highest BCUT2D eigenvalue weighted by Crippen LogP contribution is 2.18. The van der Waals surface area contributed by atoms with Crippen LogP contribution in [0.4, 0.5) is 0 Å². The molecule has 1 amide bonds. The number of nitrogens with one attached hydrogen (secondary N) is 2. The lowest BCUT2D eigenvalue weighted by molar-refractivity contribution is -0.120. The molecule has 0 radical (unpaired) electrons. The summed E-state index contributed by atoms with van der Waals surface area (Å²) < 4.78 is 0. The molecule has 3 rings (SSSR count). The van der Waals surface area contributed by atoms with Crippen molar-refractivity contribution in [2.24, 2.45) is 0 Å². The van der Waals surface area contributed by atoms with Crippen LogP contribution in [0.15, 0.2) is 36.5 Å². The second-order valence-electron chi connectivity index (χ2n) is 4.94. The van der Waals surface area contributed by atoms with Gasteiger partial charge in [0.1, 0.15) is 0 Å². The zero-order chi connectivity index (χ0) is 13.1. The fourth-order valence-corrected chi connectivity index (χ4v) is 2.13. The van der Waals surface area contributed by atoms with E-state index >= 15 is 0 Å². The molecular formula is C15H17N3O. The van der Waals surface area contributed by atoms with Crippen molar-refractivity contribution < 1.29 is 4.79 Å². The van der Waals surface area contributed by atoms with Crippen LogP contribution in [0.25, 0.3) is 10.9 Å². The molecule has 1 aliphatic rings. The number of nitrogens with zero attached hydrogens (tertiary/aromatic N) is 1. The van der Waals surface area contributed by atoms with E-state index in [0.717, 1.165) is 29.3 Å². The number of rotatable bonds is 5. The van der Waals surface area contributed by atoms with Gasteiger partial charge in [0, 0.05) is 24.2 Å². The predicted octanol–water partition coefficient (Wildman–Crippen LogP) is 1.60. The summed E-state index contributed by atoms with van der Waals surface area (Å²) in [7, 11) is 0. The highest BCUT2D eigenvalue weighted by Gasteiger charge is 2.22. The molecule has 1 aliphatic carbocycles. The van der Waals surface area contributed by atoms with Gasteiger partial charge >= 0.3 is 0 Å². The Labute approximate surface area is 112 Å². The molecule has 4 nitrogen and oxygen atoms in total. The largest absolute Gasteiger partial charge is 0.352 e. The van der Waals surface area contributed by atoms with Crippen molar-refractivity contribution in [3.8, 4) is 0 Å². The van der Waals surface area contributed by atoms with Gasteiger partial charge in [0.05, 0.1) is 12.1 Å². The highest BCUT2D eigenvalue weighted by atomic mass is 16.2. The molecule has 2 N–H and O–H groups in total. The number of carbonyl (C=O) groups excluding carboxylic acids is 1. The Hall–Kier alpha value is -1.94. The maximum Gasteiger partial charge on any atom is 0.234 e. The van der Waals surface area contributed by atoms with Crippen LogP contribution in [-0.4, -0.2) is 23.5 Å². The van der Waals surface area contributed by atoms with Gasteiger partial charge < -0.3 is 10.6 Å². The molecule has 4 heteroatoms. The lowest BCUT2D eigenvalue weighted by Crippen LogP contribution is -2.34. The minimum absolute atomic E-state index is 0.0793. The lowest BCUT2D eigenvalue weighted by atomic mass is 10.1. The Kier molecular flexibility index (Phi) is 3.42. The van der Waals surface area contributed by atoms with Gasteiger partial charge in [0.2, 0.25) is 5.91 Å². The van der Waals surface area contributed by atoms with E-state index in [0.29, 0.717) is 19.1 Å². The number of hydrogen-bond donors (Lipinski definition) is 2. The van der Waals surface area contributed by atoms with E-state index in [1.54, 1.807) is 6.20 Å². The second kappa shape index (κ2) is 5.36. The van der Waals surface area contributed by atoms with E-state index in [1.807, 2.05) is 30.3 Å². The number of benzene rings is 1. The minimum atomic E-state index is 0.0793. The average Bonchev–Trinajstić information content (AvgIpc) is 3.23. The number of fused-ring (bicyclic) bond motifs is 1. The number of aromatic nitrogens is 1. The Morgan fingerprint density at radius 2 is 2.11 bits per heavy atom. The summed E-state index contributed by atoms with van der Waals surface area (Å²) in [6, 6.07) is 10.5. The third kappa shape index (κ3) is 3.09. The van der Waals surface area contributed by atoms with Crippen LogP contribution >= 0.6 is 0 Å². The quantitative estimate of drug-likeness (QED) is 0.853. The van der Waals surface area contributed by atoms with E-state index in [2.05, 4.69) is 15.6 Å². The van der Waals surface area contributed by atoms with Crippen LogP contribution in [0.3, 0.4) is 0 Å². The summed E-state index contributed by atoms with van der Waals surface area (Å²) in [4.78, 5) is 16.0. The molecule has 1 fully saturated rings. The molecule has 0 spiro atoms. The lowest BCUT2D eigenvalue weighted by Gasteiger charge is -2.07. The molecule has 1 aromatic heterocycles. The minimum Gasteiger partial charge on any atom is -0.352 e. The SMILES string of the molecule is O=C(CNCc1cccc2cccnc12)NC1CC1. The van der Waals surface area contributed by atoms with Gasteiger partial charge in [0.25, 0.3) is 0 Å². The van der Waals surface area contributed by atoms with Gasteiger partial charge in [-0.25, -0.2) is 0 Å². The van der Waals surface area contributed by atoms with Gasteiger partial charge in [-0.15, -0.1) is 0 Å². The summed E-state index contributed by atoms with van der Waals surface area (Å²) >= 11 is 0. The molecule has 0 aliphatic heterocycles. The zero-order valence-corrected chi connectivity index (χ0v) is 10.7. The Morgan fingerprint density at radius 3 is 2.95 bits per heavy atom. The van der Waals surface area contributed by atoms with Crippen LogP contribution in [0.2, 0.25) is 0 Å². The van der Waals surface area contributed by atoms with E-state index in [4.69, 9.17) is 0 Å². The number of amides is 1. The number of para-hydroxylation sites is 1. The molecular weight excluding hydrogens is 238 g/mol. The molecule has 0 saturated heterocycles. The Balaban J connectivity index is 1.60. The second-order valence-corrected chi connectivity index (χ2v) is 4.94. The van der Waals surface area contributed by atoms with Crippen molar-refractivity contribution in [2.45, 2.75) is 25.4 Å². The maximum absolute atomic E-state index is 11.6. The predicted molar refractivity (Wildman–Crippen MR) is 74.6 cm³/mol. The fraction of sp³-hybridized carbons (Fsp3) is 0.333. The summed E-state index contributed by atoms with van der Waals surface area (Å²) in [5.41, 5.74) is 2.12. The monoisotopic (exact) mass is 255 g/mol. The molecule has 0 bridgehead atoms. The molecule has 98 valence electrons. The van der Waals surface area contributed by atoms with E-state index in [1.165, 1.54) is 0 Å². The van der Waals surface area contributed by atoms with Gasteiger partial charge in [-0.3, -0.25) is 9.78 Å². The third-order valence-corrected chi connectivity index (χ3v) is 3.26. The first-order valence-electron chi connectivity index (χ1n) is 6.65. The summed E-state index contributed by atoms with van der Waals surface area (Å²) in [6.45, 7) is 1.02. The molecule has 0 unspecified atom stereocenters. The van der Waals surface area contributed by atoms with E-state index < -0.39 is 0 Å². The standard InChI is InChI=1S/C15H17N3O/c19-14(18-13-6-7-13)10-16-9-12-4-1-3-11-5-2-8-17-15(11)12/h1-5,8,13,16H,6-7,9-10H2,(H,18,19). The smallest absolute Gasteiger partial charge is 0.234 e. The van der Waals surface area contributed by atoms with Crippen LogP contribution in [0, 0.1) is 0 Å². The van der Waals surface area contributed by atoms with Crippen molar-refractivity contribution in [1.82, 2.24) is 15.6 Å². The van der Waals surface area contributed by atoms with Crippen molar-refractivity contribution in [2.75, 3.05) is 6.54 Å². The van der Waals surface area contributed by atoms with Crippen molar-refractivity contribution >= 4 is 16.8 Å². The highest BCUT2D eigenvalue weighted by molar-refractivity contribution is 5.81. The average molecular weight is 255 g/mol. The van der Waals surface area contributed by atoms with Crippen molar-refractivity contribution in [3.63, 3.8) is 0 Å². The van der Waals surface area contributed by atoms with Gasteiger partial charge in [-0.05, 0) is 24.5 Å².